The number of nitrogens with zero attached hydrogens (tertiary/aromatic N) is 1. The Morgan fingerprint density at radius 2 is 1.82 bits per heavy atom. The largest absolute Gasteiger partial charge is 0.497 e. The van der Waals surface area contributed by atoms with Crippen LogP contribution in [0.5, 0.6) is 11.5 Å². The van der Waals surface area contributed by atoms with Gasteiger partial charge in [-0.2, -0.15) is 5.10 Å². The molecule has 0 heterocycles. The summed E-state index contributed by atoms with van der Waals surface area (Å²) in [6.07, 6.45) is 1.82. The second kappa shape index (κ2) is 7.83. The molecule has 2 aromatic carbocycles. The molecule has 0 aliphatic carbocycles. The Labute approximate surface area is 129 Å². The minimum absolute atomic E-state index is 0.184. The van der Waals surface area contributed by atoms with E-state index in [1.165, 1.54) is 0 Å². The summed E-state index contributed by atoms with van der Waals surface area (Å²) < 4.78 is 10.3. The topological polar surface area (TPSA) is 59.9 Å². The third kappa shape index (κ3) is 4.34. The predicted octanol–water partition coefficient (Wildman–Crippen LogP) is 2.40. The number of ether oxygens (including phenoxy) is 2. The van der Waals surface area contributed by atoms with Crippen LogP contribution < -0.4 is 14.9 Å². The summed E-state index contributed by atoms with van der Waals surface area (Å²) in [5.41, 5.74) is 4.20. The summed E-state index contributed by atoms with van der Waals surface area (Å²) in [6, 6.07) is 14.8. The van der Waals surface area contributed by atoms with E-state index < -0.39 is 0 Å². The minimum Gasteiger partial charge on any atom is -0.497 e. The molecule has 0 aromatic heterocycles. The molecule has 0 spiro atoms. The number of hydrogen-bond acceptors (Lipinski definition) is 4. The SMILES string of the molecule is COc1ccc(CC(=O)N/N=C/c2ccccc2OC)cc1. The highest BCUT2D eigenvalue weighted by atomic mass is 16.5. The van der Waals surface area contributed by atoms with E-state index in [2.05, 4.69) is 10.5 Å². The van der Waals surface area contributed by atoms with Crippen LogP contribution in [0.1, 0.15) is 11.1 Å². The monoisotopic (exact) mass is 298 g/mol. The molecule has 0 atom stereocenters. The molecule has 0 bridgehead atoms. The Balaban J connectivity index is 1.90. The predicted molar refractivity (Wildman–Crippen MR) is 85.4 cm³/mol. The third-order valence-corrected chi connectivity index (χ3v) is 3.06. The van der Waals surface area contributed by atoms with Crippen LogP contribution in [0, 0.1) is 0 Å². The van der Waals surface area contributed by atoms with Crippen LogP contribution in [0.25, 0.3) is 0 Å². The van der Waals surface area contributed by atoms with Gasteiger partial charge in [-0.1, -0.05) is 24.3 Å². The van der Waals surface area contributed by atoms with Crippen LogP contribution in [0.4, 0.5) is 0 Å². The molecule has 114 valence electrons. The fourth-order valence-electron chi connectivity index (χ4n) is 1.92. The van der Waals surface area contributed by atoms with E-state index in [1.807, 2.05) is 48.5 Å². The highest BCUT2D eigenvalue weighted by molar-refractivity contribution is 5.85. The molecule has 2 rings (SSSR count). The van der Waals surface area contributed by atoms with Gasteiger partial charge in [-0.05, 0) is 29.8 Å². The van der Waals surface area contributed by atoms with Crippen molar-refractivity contribution in [2.75, 3.05) is 14.2 Å². The van der Waals surface area contributed by atoms with E-state index in [-0.39, 0.29) is 12.3 Å². The fraction of sp³-hybridized carbons (Fsp3) is 0.176. The molecule has 0 saturated carbocycles. The molecule has 0 radical (unpaired) electrons. The number of amides is 1. The second-order valence-electron chi connectivity index (χ2n) is 4.56. The smallest absolute Gasteiger partial charge is 0.244 e. The van der Waals surface area contributed by atoms with E-state index in [0.717, 1.165) is 16.9 Å². The Morgan fingerprint density at radius 3 is 2.50 bits per heavy atom. The number of hydrogen-bond donors (Lipinski definition) is 1. The number of nitrogens with one attached hydrogen (secondary N) is 1. The Kier molecular flexibility index (Phi) is 5.54. The highest BCUT2D eigenvalue weighted by Gasteiger charge is 2.03. The third-order valence-electron chi connectivity index (χ3n) is 3.06. The maximum Gasteiger partial charge on any atom is 0.244 e. The number of para-hydroxylation sites is 1. The molecule has 22 heavy (non-hydrogen) atoms. The van der Waals surface area contributed by atoms with Crippen molar-refractivity contribution in [3.05, 3.63) is 59.7 Å². The van der Waals surface area contributed by atoms with E-state index in [0.29, 0.717) is 5.75 Å². The summed E-state index contributed by atoms with van der Waals surface area (Å²) in [5, 5.41) is 3.95. The first-order valence-corrected chi connectivity index (χ1v) is 6.81. The van der Waals surface area contributed by atoms with Crippen molar-refractivity contribution in [3.8, 4) is 11.5 Å². The quantitative estimate of drug-likeness (QED) is 0.658. The van der Waals surface area contributed by atoms with Gasteiger partial charge in [-0.25, -0.2) is 5.43 Å². The van der Waals surface area contributed by atoms with Gasteiger partial charge in [0.1, 0.15) is 11.5 Å². The van der Waals surface area contributed by atoms with Crippen molar-refractivity contribution in [1.29, 1.82) is 0 Å². The molecule has 1 N–H and O–H groups in total. The normalized spacial score (nSPS) is 10.5. The van der Waals surface area contributed by atoms with Gasteiger partial charge in [0.25, 0.3) is 0 Å². The van der Waals surface area contributed by atoms with Crippen molar-refractivity contribution < 1.29 is 14.3 Å². The number of hydrazone groups is 1. The van der Waals surface area contributed by atoms with Crippen molar-refractivity contribution in [3.63, 3.8) is 0 Å². The van der Waals surface area contributed by atoms with Gasteiger partial charge in [0.2, 0.25) is 5.91 Å². The first-order chi connectivity index (χ1) is 10.7. The highest BCUT2D eigenvalue weighted by Crippen LogP contribution is 2.14. The molecule has 0 unspecified atom stereocenters. The van der Waals surface area contributed by atoms with Gasteiger partial charge in [-0.3, -0.25) is 4.79 Å². The fourth-order valence-corrected chi connectivity index (χ4v) is 1.92. The number of methoxy groups -OCH3 is 2. The lowest BCUT2D eigenvalue weighted by Crippen LogP contribution is -2.19. The van der Waals surface area contributed by atoms with Crippen molar-refractivity contribution in [1.82, 2.24) is 5.43 Å². The van der Waals surface area contributed by atoms with Crippen LogP contribution in [-0.4, -0.2) is 26.3 Å². The summed E-state index contributed by atoms with van der Waals surface area (Å²) in [4.78, 5) is 11.8. The molecular weight excluding hydrogens is 280 g/mol. The lowest BCUT2D eigenvalue weighted by Gasteiger charge is -2.04. The van der Waals surface area contributed by atoms with Gasteiger partial charge in [0, 0.05) is 5.56 Å². The summed E-state index contributed by atoms with van der Waals surface area (Å²) in [7, 11) is 3.20. The van der Waals surface area contributed by atoms with Crippen molar-refractivity contribution >= 4 is 12.1 Å². The summed E-state index contributed by atoms with van der Waals surface area (Å²) in [5.74, 6) is 1.28. The zero-order valence-corrected chi connectivity index (χ0v) is 12.6. The molecule has 5 nitrogen and oxygen atoms in total. The molecular formula is C17H18N2O3. The van der Waals surface area contributed by atoms with Crippen molar-refractivity contribution in [2.24, 2.45) is 5.10 Å². The summed E-state index contributed by atoms with van der Waals surface area (Å²) in [6.45, 7) is 0. The molecule has 2 aromatic rings. The van der Waals surface area contributed by atoms with Crippen LogP contribution in [0.2, 0.25) is 0 Å². The first-order valence-electron chi connectivity index (χ1n) is 6.81. The molecule has 1 amide bonds. The maximum absolute atomic E-state index is 11.8. The van der Waals surface area contributed by atoms with E-state index in [4.69, 9.17) is 9.47 Å². The zero-order chi connectivity index (χ0) is 15.8. The number of carbonyl (C=O) groups excluding carboxylic acids is 1. The average molecular weight is 298 g/mol. The first kappa shape index (κ1) is 15.6. The number of rotatable bonds is 6. The Bertz CT molecular complexity index is 651. The van der Waals surface area contributed by atoms with E-state index in [9.17, 15) is 4.79 Å². The Morgan fingerprint density at radius 1 is 1.09 bits per heavy atom. The minimum atomic E-state index is -0.184. The molecule has 0 aliphatic heterocycles. The van der Waals surface area contributed by atoms with Crippen LogP contribution in [0.15, 0.2) is 53.6 Å². The van der Waals surface area contributed by atoms with Gasteiger partial charge in [0.05, 0.1) is 26.9 Å². The van der Waals surface area contributed by atoms with Crippen LogP contribution in [-0.2, 0) is 11.2 Å². The molecule has 5 heteroatoms. The molecule has 0 saturated heterocycles. The average Bonchev–Trinajstić information content (AvgIpc) is 2.56. The Hall–Kier alpha value is -2.82. The number of benzene rings is 2. The zero-order valence-electron chi connectivity index (χ0n) is 12.6. The van der Waals surface area contributed by atoms with Crippen LogP contribution >= 0.6 is 0 Å². The van der Waals surface area contributed by atoms with Crippen molar-refractivity contribution in [2.45, 2.75) is 6.42 Å². The van der Waals surface area contributed by atoms with E-state index in [1.54, 1.807) is 20.4 Å². The molecule has 0 aliphatic rings. The van der Waals surface area contributed by atoms with Gasteiger partial charge in [-0.15, -0.1) is 0 Å². The van der Waals surface area contributed by atoms with Gasteiger partial charge < -0.3 is 9.47 Å². The lowest BCUT2D eigenvalue weighted by molar-refractivity contribution is -0.120. The maximum atomic E-state index is 11.8. The lowest BCUT2D eigenvalue weighted by atomic mass is 10.1. The standard InChI is InChI=1S/C17H18N2O3/c1-21-15-9-7-13(8-10-15)11-17(20)19-18-12-14-5-3-4-6-16(14)22-2/h3-10,12H,11H2,1-2H3,(H,19,20)/b18-12+. The summed E-state index contributed by atoms with van der Waals surface area (Å²) >= 11 is 0. The van der Waals surface area contributed by atoms with E-state index >= 15 is 0 Å². The van der Waals surface area contributed by atoms with Crippen LogP contribution in [0.3, 0.4) is 0 Å². The van der Waals surface area contributed by atoms with Gasteiger partial charge in [0.15, 0.2) is 0 Å². The van der Waals surface area contributed by atoms with Gasteiger partial charge >= 0.3 is 0 Å². The second-order valence-corrected chi connectivity index (χ2v) is 4.56. The number of carbonyl (C=O) groups is 1. The molecule has 0 fully saturated rings.